The Labute approximate surface area is 198 Å². The number of nitrogens with one attached hydrogen (secondary N) is 1. The fourth-order valence-electron chi connectivity index (χ4n) is 4.38. The van der Waals surface area contributed by atoms with Gasteiger partial charge in [0.15, 0.2) is 0 Å². The maximum Gasteiger partial charge on any atom is 0.347 e. The second kappa shape index (κ2) is 9.61. The molecule has 0 radical (unpaired) electrons. The summed E-state index contributed by atoms with van der Waals surface area (Å²) in [5.41, 5.74) is 2.02. The molecule has 1 amide bonds. The van der Waals surface area contributed by atoms with E-state index in [1.807, 2.05) is 68.4 Å². The lowest BCUT2D eigenvalue weighted by Crippen LogP contribution is -2.58. The zero-order valence-corrected chi connectivity index (χ0v) is 19.5. The Hall–Kier alpha value is -3.78. The maximum absolute atomic E-state index is 12.9. The van der Waals surface area contributed by atoms with Crippen molar-refractivity contribution in [1.82, 2.24) is 15.3 Å². The van der Waals surface area contributed by atoms with E-state index in [0.717, 1.165) is 11.4 Å². The Balaban J connectivity index is 1.96. The highest BCUT2D eigenvalue weighted by Crippen LogP contribution is 2.41. The summed E-state index contributed by atoms with van der Waals surface area (Å²) in [6.45, 7) is 3.86. The molecule has 176 valence electrons. The van der Waals surface area contributed by atoms with Crippen molar-refractivity contribution in [2.45, 2.75) is 38.3 Å². The first kappa shape index (κ1) is 23.4. The van der Waals surface area contributed by atoms with Crippen LogP contribution in [0.25, 0.3) is 0 Å². The number of carbonyl (C=O) groups is 2. The Morgan fingerprint density at radius 1 is 1.09 bits per heavy atom. The summed E-state index contributed by atoms with van der Waals surface area (Å²) >= 11 is 0. The second-order valence-corrected chi connectivity index (χ2v) is 8.17. The fourth-order valence-corrected chi connectivity index (χ4v) is 4.38. The summed E-state index contributed by atoms with van der Waals surface area (Å²) in [4.78, 5) is 36.2. The van der Waals surface area contributed by atoms with Crippen LogP contribution in [0.15, 0.2) is 60.7 Å². The van der Waals surface area contributed by atoms with Gasteiger partial charge in [0, 0.05) is 29.7 Å². The van der Waals surface area contributed by atoms with Crippen molar-refractivity contribution in [3.05, 3.63) is 83.2 Å². The summed E-state index contributed by atoms with van der Waals surface area (Å²) in [6.07, 6.45) is -0.145. The lowest BCUT2D eigenvalue weighted by atomic mass is 9.77. The molecule has 0 spiro atoms. The van der Waals surface area contributed by atoms with Crippen LogP contribution in [-0.2, 0) is 28.0 Å². The van der Waals surface area contributed by atoms with Crippen molar-refractivity contribution in [1.29, 1.82) is 0 Å². The average molecular weight is 461 g/mol. The summed E-state index contributed by atoms with van der Waals surface area (Å²) in [6, 6.07) is 18.4. The van der Waals surface area contributed by atoms with Crippen LogP contribution in [-0.4, -0.2) is 46.6 Å². The van der Waals surface area contributed by atoms with E-state index in [9.17, 15) is 14.7 Å². The van der Waals surface area contributed by atoms with Crippen LogP contribution in [0.1, 0.15) is 36.4 Å². The molecule has 1 aliphatic heterocycles. The topological polar surface area (TPSA) is 105 Å². The van der Waals surface area contributed by atoms with Gasteiger partial charge in [-0.15, -0.1) is 0 Å². The average Bonchev–Trinajstić information content (AvgIpc) is 2.98. The quantitative estimate of drug-likeness (QED) is 0.559. The molecule has 8 nitrogen and oxygen atoms in total. The monoisotopic (exact) mass is 460 g/mol. The van der Waals surface area contributed by atoms with Crippen LogP contribution in [0.2, 0.25) is 0 Å². The number of anilines is 1. The smallest absolute Gasteiger partial charge is 0.347 e. The highest BCUT2D eigenvalue weighted by atomic mass is 16.5. The van der Waals surface area contributed by atoms with Crippen LogP contribution in [0.3, 0.4) is 0 Å². The lowest BCUT2D eigenvalue weighted by molar-refractivity contribution is -0.149. The maximum atomic E-state index is 12.9. The number of carboxylic acids is 1. The number of ether oxygens (including phenoxy) is 1. The zero-order chi connectivity index (χ0) is 24.3. The molecule has 1 aliphatic rings. The number of para-hydroxylation sites is 1. The van der Waals surface area contributed by atoms with E-state index in [1.54, 1.807) is 13.1 Å². The van der Waals surface area contributed by atoms with Crippen LogP contribution in [0, 0.1) is 0 Å². The Morgan fingerprint density at radius 2 is 1.71 bits per heavy atom. The van der Waals surface area contributed by atoms with Gasteiger partial charge in [-0.1, -0.05) is 62.4 Å². The third-order valence-electron chi connectivity index (χ3n) is 6.19. The molecule has 2 heterocycles. The Kier molecular flexibility index (Phi) is 6.61. The number of carboxylic acid groups (broad SMARTS) is 1. The highest BCUT2D eigenvalue weighted by molar-refractivity contribution is 5.97. The van der Waals surface area contributed by atoms with Gasteiger partial charge in [-0.3, -0.25) is 10.1 Å². The molecule has 0 saturated heterocycles. The van der Waals surface area contributed by atoms with Gasteiger partial charge in [-0.2, -0.15) is 0 Å². The predicted molar refractivity (Wildman–Crippen MR) is 128 cm³/mol. The molecule has 0 saturated carbocycles. The number of fused-ring (bicyclic) bond motifs is 1. The van der Waals surface area contributed by atoms with Crippen LogP contribution in [0.5, 0.6) is 6.01 Å². The Morgan fingerprint density at radius 3 is 2.32 bits per heavy atom. The van der Waals surface area contributed by atoms with E-state index in [0.29, 0.717) is 29.7 Å². The van der Waals surface area contributed by atoms with E-state index in [2.05, 4.69) is 15.3 Å². The number of nitrogens with zero attached hydrogens (tertiary/aromatic N) is 3. The molecule has 3 aromatic rings. The van der Waals surface area contributed by atoms with Crippen LogP contribution < -0.4 is 15.0 Å². The van der Waals surface area contributed by atoms with E-state index >= 15 is 0 Å². The number of likely N-dealkylation sites (N-methyl/N-ethyl adjacent to an activating group) is 1. The molecule has 0 unspecified atom stereocenters. The molecule has 2 N–H and O–H groups in total. The van der Waals surface area contributed by atoms with Gasteiger partial charge in [-0.05, 0) is 30.5 Å². The normalized spacial score (nSPS) is 18.7. The first-order valence-corrected chi connectivity index (χ1v) is 11.3. The van der Waals surface area contributed by atoms with Crippen LogP contribution in [0.4, 0.5) is 5.69 Å². The van der Waals surface area contributed by atoms with Crippen molar-refractivity contribution < 1.29 is 19.4 Å². The highest BCUT2D eigenvalue weighted by Gasteiger charge is 2.51. The first-order valence-electron chi connectivity index (χ1n) is 11.3. The lowest BCUT2D eigenvalue weighted by Gasteiger charge is -2.39. The van der Waals surface area contributed by atoms with E-state index in [1.165, 1.54) is 4.90 Å². The third-order valence-corrected chi connectivity index (χ3v) is 6.19. The van der Waals surface area contributed by atoms with Crippen molar-refractivity contribution in [2.75, 3.05) is 18.5 Å². The fraction of sp³-hybridized carbons (Fsp3) is 0.308. The number of rotatable bonds is 7. The predicted octanol–water partition coefficient (Wildman–Crippen LogP) is 2.94. The summed E-state index contributed by atoms with van der Waals surface area (Å²) < 4.78 is 6.13. The van der Waals surface area contributed by atoms with Gasteiger partial charge in [-0.25, -0.2) is 14.8 Å². The Bertz CT molecular complexity index is 1180. The number of aryl methyl sites for hydroxylation is 2. The van der Waals surface area contributed by atoms with Gasteiger partial charge in [0.05, 0.1) is 6.54 Å². The van der Waals surface area contributed by atoms with E-state index in [4.69, 9.17) is 4.74 Å². The molecule has 0 aliphatic carbocycles. The van der Waals surface area contributed by atoms with Crippen molar-refractivity contribution in [2.24, 2.45) is 0 Å². The van der Waals surface area contributed by atoms with Gasteiger partial charge in [0.1, 0.15) is 5.54 Å². The minimum absolute atomic E-state index is 0.00196. The molecule has 0 fully saturated rings. The van der Waals surface area contributed by atoms with E-state index in [-0.39, 0.29) is 18.5 Å². The summed E-state index contributed by atoms with van der Waals surface area (Å²) in [5, 5.41) is 13.8. The van der Waals surface area contributed by atoms with Crippen LogP contribution >= 0.6 is 0 Å². The molecular formula is C26H28N4O4. The standard InChI is InChI=1S/C26H28N4O4/c1-4-18-15-19(5-2)29-25(28-18)34-23(24(32)33)26(17-11-7-6-8-12-17)20-13-9-10-14-21(20)30(3)22(31)16-27-26/h6-15,23,27H,4-5,16H2,1-3H3,(H,32,33)/t23-,26+/m1/s1. The number of hydrogen-bond donors (Lipinski definition) is 2. The molecule has 1 aromatic heterocycles. The van der Waals surface area contributed by atoms with Gasteiger partial charge in [0.2, 0.25) is 12.0 Å². The number of hydrogen-bond acceptors (Lipinski definition) is 6. The van der Waals surface area contributed by atoms with Gasteiger partial charge >= 0.3 is 12.0 Å². The molecule has 0 bridgehead atoms. The van der Waals surface area contributed by atoms with E-state index < -0.39 is 17.6 Å². The van der Waals surface area contributed by atoms with Crippen molar-refractivity contribution in [3.8, 4) is 6.01 Å². The molecule has 2 atom stereocenters. The van der Waals surface area contributed by atoms with Gasteiger partial charge in [0.25, 0.3) is 0 Å². The second-order valence-electron chi connectivity index (χ2n) is 8.17. The molecule has 2 aromatic carbocycles. The minimum atomic E-state index is -1.47. The number of aromatic nitrogens is 2. The van der Waals surface area contributed by atoms with Crippen molar-refractivity contribution >= 4 is 17.6 Å². The number of aliphatic carboxylic acids is 1. The third kappa shape index (κ3) is 4.12. The first-order chi connectivity index (χ1) is 16.4. The molecule has 8 heteroatoms. The number of carbonyl (C=O) groups excluding carboxylic acids is 1. The molecular weight excluding hydrogens is 432 g/mol. The zero-order valence-electron chi connectivity index (χ0n) is 19.5. The molecule has 4 rings (SSSR count). The number of benzene rings is 2. The number of amides is 1. The largest absolute Gasteiger partial charge is 0.478 e. The molecule has 34 heavy (non-hydrogen) atoms. The summed E-state index contributed by atoms with van der Waals surface area (Å²) in [5.74, 6) is -1.39. The summed E-state index contributed by atoms with van der Waals surface area (Å²) in [7, 11) is 1.68. The SMILES string of the molecule is CCc1cc(CC)nc(O[C@H](C(=O)O)[C@@]2(c3ccccc3)NCC(=O)N(C)c3ccccc32)n1. The van der Waals surface area contributed by atoms with Crippen molar-refractivity contribution in [3.63, 3.8) is 0 Å². The van der Waals surface area contributed by atoms with Gasteiger partial charge < -0.3 is 14.7 Å². The minimum Gasteiger partial charge on any atom is -0.478 e.